The highest BCUT2D eigenvalue weighted by Crippen LogP contribution is 2.31. The van der Waals surface area contributed by atoms with Crippen LogP contribution in [0.25, 0.3) is 0 Å². The minimum Gasteiger partial charge on any atom is -0.396 e. The molecule has 5 nitrogen and oxygen atoms in total. The maximum atomic E-state index is 10.9. The number of benzene rings is 1. The molecular formula is C13H19ClN2O3. The van der Waals surface area contributed by atoms with Crippen molar-refractivity contribution in [2.75, 3.05) is 18.5 Å². The Balaban J connectivity index is 2.93. The van der Waals surface area contributed by atoms with E-state index in [2.05, 4.69) is 5.32 Å². The molecule has 0 aliphatic carbocycles. The number of aliphatic hydroxyl groups excluding tert-OH is 1. The lowest BCUT2D eigenvalue weighted by molar-refractivity contribution is -0.384. The van der Waals surface area contributed by atoms with Crippen LogP contribution in [-0.4, -0.2) is 23.2 Å². The lowest BCUT2D eigenvalue weighted by Gasteiger charge is -2.29. The van der Waals surface area contributed by atoms with Gasteiger partial charge in [0.2, 0.25) is 0 Å². The molecule has 0 spiro atoms. The van der Waals surface area contributed by atoms with Gasteiger partial charge in [0.1, 0.15) is 5.69 Å². The van der Waals surface area contributed by atoms with Crippen LogP contribution >= 0.6 is 11.6 Å². The Bertz CT molecular complexity index is 439. The van der Waals surface area contributed by atoms with E-state index in [1.807, 2.05) is 13.8 Å². The van der Waals surface area contributed by atoms with Gasteiger partial charge in [-0.1, -0.05) is 25.4 Å². The molecule has 0 bridgehead atoms. The Labute approximate surface area is 117 Å². The molecule has 0 aliphatic heterocycles. The van der Waals surface area contributed by atoms with E-state index in [0.29, 0.717) is 17.3 Å². The molecule has 1 aromatic rings. The van der Waals surface area contributed by atoms with E-state index >= 15 is 0 Å². The topological polar surface area (TPSA) is 75.4 Å². The van der Waals surface area contributed by atoms with Crippen molar-refractivity contribution in [1.29, 1.82) is 0 Å². The first-order valence-electron chi connectivity index (χ1n) is 6.26. The summed E-state index contributed by atoms with van der Waals surface area (Å²) in [6.07, 6.45) is 1.59. The highest BCUT2D eigenvalue weighted by atomic mass is 35.5. The van der Waals surface area contributed by atoms with E-state index in [9.17, 15) is 15.2 Å². The Morgan fingerprint density at radius 1 is 1.42 bits per heavy atom. The molecule has 0 fully saturated rings. The van der Waals surface area contributed by atoms with Crippen molar-refractivity contribution >= 4 is 23.0 Å². The van der Waals surface area contributed by atoms with Crippen LogP contribution in [0.15, 0.2) is 18.2 Å². The molecule has 0 aliphatic rings. The minimum atomic E-state index is -0.447. The Morgan fingerprint density at radius 2 is 2.05 bits per heavy atom. The van der Waals surface area contributed by atoms with E-state index in [4.69, 9.17) is 11.6 Å². The number of anilines is 1. The number of nitro groups is 1. The van der Waals surface area contributed by atoms with Crippen LogP contribution in [0.1, 0.15) is 26.7 Å². The fraction of sp³-hybridized carbons (Fsp3) is 0.538. The van der Waals surface area contributed by atoms with E-state index in [1.54, 1.807) is 0 Å². The molecule has 0 unspecified atom stereocenters. The average Bonchev–Trinajstić information content (AvgIpc) is 2.40. The maximum Gasteiger partial charge on any atom is 0.292 e. The van der Waals surface area contributed by atoms with Gasteiger partial charge in [0, 0.05) is 23.0 Å². The zero-order chi connectivity index (χ0) is 14.5. The molecule has 0 amide bonds. The Hall–Kier alpha value is -1.33. The monoisotopic (exact) mass is 286 g/mol. The van der Waals surface area contributed by atoms with Gasteiger partial charge in [-0.2, -0.15) is 0 Å². The van der Waals surface area contributed by atoms with Gasteiger partial charge in [0.15, 0.2) is 0 Å². The van der Waals surface area contributed by atoms with Gasteiger partial charge in [-0.25, -0.2) is 0 Å². The third kappa shape index (κ3) is 3.81. The van der Waals surface area contributed by atoms with Crippen LogP contribution in [0.3, 0.4) is 0 Å². The molecule has 0 heterocycles. The van der Waals surface area contributed by atoms with Gasteiger partial charge in [-0.05, 0) is 25.0 Å². The minimum absolute atomic E-state index is 0.0107. The third-order valence-corrected chi connectivity index (χ3v) is 3.88. The molecule has 0 atom stereocenters. The molecule has 1 rings (SSSR count). The quantitative estimate of drug-likeness (QED) is 0.594. The molecule has 106 valence electrons. The molecule has 1 aromatic carbocycles. The first-order chi connectivity index (χ1) is 8.98. The maximum absolute atomic E-state index is 10.9. The zero-order valence-electron chi connectivity index (χ0n) is 11.1. The summed E-state index contributed by atoms with van der Waals surface area (Å²) in [5.41, 5.74) is 0.108. The number of aliphatic hydroxyl groups is 1. The summed E-state index contributed by atoms with van der Waals surface area (Å²) >= 11 is 5.86. The van der Waals surface area contributed by atoms with Crippen molar-refractivity contribution in [3.8, 4) is 0 Å². The number of hydrogen-bond acceptors (Lipinski definition) is 4. The van der Waals surface area contributed by atoms with Crippen molar-refractivity contribution in [2.45, 2.75) is 26.7 Å². The molecule has 0 saturated heterocycles. The van der Waals surface area contributed by atoms with Crippen LogP contribution in [-0.2, 0) is 0 Å². The normalized spacial score (nSPS) is 11.4. The number of nitrogens with zero attached hydrogens (tertiary/aromatic N) is 1. The number of hydrogen-bond donors (Lipinski definition) is 2. The van der Waals surface area contributed by atoms with Crippen molar-refractivity contribution in [2.24, 2.45) is 5.41 Å². The van der Waals surface area contributed by atoms with Gasteiger partial charge >= 0.3 is 0 Å². The standard InChI is InChI=1S/C13H19ClN2O3/c1-3-13(4-2,9-17)8-15-11-7-10(14)5-6-12(11)16(18)19/h5-7,15,17H,3-4,8-9H2,1-2H3. The van der Waals surface area contributed by atoms with Gasteiger partial charge in [-0.3, -0.25) is 10.1 Å². The lowest BCUT2D eigenvalue weighted by Crippen LogP contribution is -2.32. The van der Waals surface area contributed by atoms with Crippen LogP contribution in [0.5, 0.6) is 0 Å². The summed E-state index contributed by atoms with van der Waals surface area (Å²) < 4.78 is 0. The van der Waals surface area contributed by atoms with Crippen molar-refractivity contribution in [3.63, 3.8) is 0 Å². The second-order valence-electron chi connectivity index (χ2n) is 4.64. The van der Waals surface area contributed by atoms with E-state index in [-0.39, 0.29) is 17.7 Å². The lowest BCUT2D eigenvalue weighted by atomic mass is 9.83. The predicted molar refractivity (Wildman–Crippen MR) is 76.7 cm³/mol. The summed E-state index contributed by atoms with van der Waals surface area (Å²) in [5, 5.41) is 23.9. The van der Waals surface area contributed by atoms with Crippen LogP contribution in [0.2, 0.25) is 5.02 Å². The summed E-state index contributed by atoms with van der Waals surface area (Å²) in [7, 11) is 0. The Morgan fingerprint density at radius 3 is 2.53 bits per heavy atom. The number of nitro benzene ring substituents is 1. The fourth-order valence-electron chi connectivity index (χ4n) is 1.87. The predicted octanol–water partition coefficient (Wildman–Crippen LogP) is 3.46. The molecule has 0 saturated carbocycles. The van der Waals surface area contributed by atoms with Crippen molar-refractivity contribution < 1.29 is 10.0 Å². The Kier molecular flexibility index (Phi) is 5.57. The zero-order valence-corrected chi connectivity index (χ0v) is 11.9. The van der Waals surface area contributed by atoms with Crippen LogP contribution in [0, 0.1) is 15.5 Å². The second-order valence-corrected chi connectivity index (χ2v) is 5.07. The van der Waals surface area contributed by atoms with Crippen LogP contribution < -0.4 is 5.32 Å². The highest BCUT2D eigenvalue weighted by Gasteiger charge is 2.26. The molecule has 6 heteroatoms. The summed E-state index contributed by atoms with van der Waals surface area (Å²) in [4.78, 5) is 10.5. The van der Waals surface area contributed by atoms with Crippen LogP contribution in [0.4, 0.5) is 11.4 Å². The highest BCUT2D eigenvalue weighted by molar-refractivity contribution is 6.31. The molecule has 0 radical (unpaired) electrons. The third-order valence-electron chi connectivity index (χ3n) is 3.64. The number of halogens is 1. The average molecular weight is 287 g/mol. The van der Waals surface area contributed by atoms with E-state index in [0.717, 1.165) is 12.8 Å². The van der Waals surface area contributed by atoms with Gasteiger partial charge in [-0.15, -0.1) is 0 Å². The number of nitrogens with one attached hydrogen (secondary N) is 1. The van der Waals surface area contributed by atoms with Crippen molar-refractivity contribution in [1.82, 2.24) is 0 Å². The molecule has 2 N–H and O–H groups in total. The van der Waals surface area contributed by atoms with Crippen molar-refractivity contribution in [3.05, 3.63) is 33.3 Å². The van der Waals surface area contributed by atoms with E-state index < -0.39 is 4.92 Å². The first-order valence-corrected chi connectivity index (χ1v) is 6.64. The summed E-state index contributed by atoms with van der Waals surface area (Å²) in [6.45, 7) is 4.50. The first kappa shape index (κ1) is 15.7. The molecule has 0 aromatic heterocycles. The summed E-state index contributed by atoms with van der Waals surface area (Å²) in [6, 6.07) is 4.40. The fourth-order valence-corrected chi connectivity index (χ4v) is 2.04. The smallest absolute Gasteiger partial charge is 0.292 e. The van der Waals surface area contributed by atoms with Gasteiger partial charge in [0.05, 0.1) is 11.5 Å². The second kappa shape index (κ2) is 6.73. The van der Waals surface area contributed by atoms with E-state index in [1.165, 1.54) is 18.2 Å². The summed E-state index contributed by atoms with van der Waals surface area (Å²) in [5.74, 6) is 0. The van der Waals surface area contributed by atoms with Gasteiger partial charge in [0.25, 0.3) is 5.69 Å². The molecule has 19 heavy (non-hydrogen) atoms. The largest absolute Gasteiger partial charge is 0.396 e. The van der Waals surface area contributed by atoms with Gasteiger partial charge < -0.3 is 10.4 Å². The molecular weight excluding hydrogens is 268 g/mol. The SMILES string of the molecule is CCC(CC)(CO)CNc1cc(Cl)ccc1[N+](=O)[O-]. The number of rotatable bonds is 7.